The van der Waals surface area contributed by atoms with Crippen LogP contribution in [0.2, 0.25) is 0 Å². The molecule has 1 spiro atoms. The maximum Gasteiger partial charge on any atom is 0.338 e. The fourth-order valence-corrected chi connectivity index (χ4v) is 7.19. The maximum absolute atomic E-state index is 13.4. The van der Waals surface area contributed by atoms with Crippen LogP contribution in [-0.4, -0.2) is 59.5 Å². The predicted molar refractivity (Wildman–Crippen MR) is 130 cm³/mol. The summed E-state index contributed by atoms with van der Waals surface area (Å²) < 4.78 is 30.8. The van der Waals surface area contributed by atoms with Crippen LogP contribution in [0.5, 0.6) is 0 Å². The highest BCUT2D eigenvalue weighted by molar-refractivity contribution is 5.89. The first-order valence-corrected chi connectivity index (χ1v) is 12.7. The van der Waals surface area contributed by atoms with Crippen LogP contribution in [0, 0.1) is 17.3 Å². The quantitative estimate of drug-likeness (QED) is 0.427. The Bertz CT molecular complexity index is 1080. The summed E-state index contributed by atoms with van der Waals surface area (Å²) in [4.78, 5) is 50.5. The van der Waals surface area contributed by atoms with E-state index in [-0.39, 0.29) is 5.92 Å². The Morgan fingerprint density at radius 3 is 1.97 bits per heavy atom. The zero-order valence-corrected chi connectivity index (χ0v) is 22.4. The third kappa shape index (κ3) is 4.21. The molecule has 37 heavy (non-hydrogen) atoms. The van der Waals surface area contributed by atoms with Gasteiger partial charge in [0.1, 0.15) is 23.9 Å². The van der Waals surface area contributed by atoms with Crippen molar-refractivity contribution in [2.45, 2.75) is 96.9 Å². The minimum absolute atomic E-state index is 0.172. The van der Waals surface area contributed by atoms with E-state index in [1.165, 1.54) is 20.8 Å². The summed E-state index contributed by atoms with van der Waals surface area (Å²) >= 11 is 0. The first kappa shape index (κ1) is 27.1. The summed E-state index contributed by atoms with van der Waals surface area (Å²) in [5.74, 6) is -3.03. The van der Waals surface area contributed by atoms with E-state index in [0.717, 1.165) is 0 Å². The Morgan fingerprint density at radius 2 is 1.41 bits per heavy atom. The van der Waals surface area contributed by atoms with Crippen molar-refractivity contribution in [3.63, 3.8) is 0 Å². The zero-order valence-electron chi connectivity index (χ0n) is 22.4. The van der Waals surface area contributed by atoms with Crippen molar-refractivity contribution >= 4 is 23.9 Å². The van der Waals surface area contributed by atoms with E-state index >= 15 is 0 Å². The molecule has 2 saturated carbocycles. The average Bonchev–Trinajstić information content (AvgIpc) is 3.00. The number of ether oxygens (including phenoxy) is 5. The van der Waals surface area contributed by atoms with Crippen LogP contribution in [0.1, 0.15) is 71.7 Å². The van der Waals surface area contributed by atoms with Crippen LogP contribution in [0.15, 0.2) is 30.3 Å². The van der Waals surface area contributed by atoms with Crippen molar-refractivity contribution in [1.82, 2.24) is 0 Å². The van der Waals surface area contributed by atoms with Gasteiger partial charge in [-0.1, -0.05) is 25.1 Å². The highest BCUT2D eigenvalue weighted by atomic mass is 16.6. The normalized spacial score (nSPS) is 37.6. The molecule has 0 radical (unpaired) electrons. The number of hydrogen-bond acceptors (Lipinski definition) is 9. The van der Waals surface area contributed by atoms with Gasteiger partial charge in [-0.05, 0) is 51.7 Å². The highest BCUT2D eigenvalue weighted by Crippen LogP contribution is 2.68. The van der Waals surface area contributed by atoms with Crippen LogP contribution in [0.4, 0.5) is 0 Å². The first-order chi connectivity index (χ1) is 17.3. The van der Waals surface area contributed by atoms with Crippen LogP contribution in [0.3, 0.4) is 0 Å². The summed E-state index contributed by atoms with van der Waals surface area (Å²) in [7, 11) is 0. The molecule has 0 aromatic heterocycles. The lowest BCUT2D eigenvalue weighted by Crippen LogP contribution is -2.76. The number of carbonyl (C=O) groups excluding carboxylic acids is 4. The molecule has 9 heteroatoms. The summed E-state index contributed by atoms with van der Waals surface area (Å²) in [5.41, 5.74) is -3.04. The molecule has 3 fully saturated rings. The fraction of sp³-hybridized carbons (Fsp3) is 0.643. The van der Waals surface area contributed by atoms with Gasteiger partial charge in [0.15, 0.2) is 6.10 Å². The third-order valence-electron chi connectivity index (χ3n) is 8.48. The van der Waals surface area contributed by atoms with Crippen LogP contribution >= 0.6 is 0 Å². The van der Waals surface area contributed by atoms with Crippen molar-refractivity contribution in [1.29, 1.82) is 0 Å². The first-order valence-electron chi connectivity index (χ1n) is 12.7. The minimum Gasteiger partial charge on any atom is -0.462 e. The van der Waals surface area contributed by atoms with Gasteiger partial charge in [0, 0.05) is 20.8 Å². The van der Waals surface area contributed by atoms with Crippen molar-refractivity contribution in [3.05, 3.63) is 35.9 Å². The van der Waals surface area contributed by atoms with E-state index in [2.05, 4.69) is 0 Å². The topological polar surface area (TPSA) is 114 Å². The van der Waals surface area contributed by atoms with Crippen LogP contribution < -0.4 is 0 Å². The van der Waals surface area contributed by atoms with Gasteiger partial charge in [0.2, 0.25) is 0 Å². The van der Waals surface area contributed by atoms with Gasteiger partial charge in [-0.15, -0.1) is 0 Å². The number of fused-ring (bicyclic) bond motifs is 1. The monoisotopic (exact) mass is 516 g/mol. The van der Waals surface area contributed by atoms with Gasteiger partial charge in [-0.2, -0.15) is 0 Å². The van der Waals surface area contributed by atoms with Gasteiger partial charge < -0.3 is 23.7 Å². The lowest BCUT2D eigenvalue weighted by Gasteiger charge is -2.62. The number of rotatable bonds is 5. The summed E-state index contributed by atoms with van der Waals surface area (Å²) in [5, 5.41) is 0. The molecule has 1 heterocycles. The molecular formula is C28H36O9. The Hall–Kier alpha value is -2.94. The SMILES string of the molecule is CC(=O)OC1C2C(OC(C)=O)C3(OC2(C)C)C(C)CCC(OC(C)=O)C3(C)C1OC(=O)c1ccccc1. The lowest BCUT2D eigenvalue weighted by atomic mass is 9.48. The maximum atomic E-state index is 13.4. The molecule has 1 saturated heterocycles. The molecule has 0 N–H and O–H groups in total. The summed E-state index contributed by atoms with van der Waals surface area (Å²) in [6.45, 7) is 11.4. The second-order valence-corrected chi connectivity index (χ2v) is 11.2. The lowest BCUT2D eigenvalue weighted by molar-refractivity contribution is -0.299. The molecule has 2 aliphatic carbocycles. The van der Waals surface area contributed by atoms with Gasteiger partial charge in [0.25, 0.3) is 0 Å². The Balaban J connectivity index is 1.96. The van der Waals surface area contributed by atoms with Crippen molar-refractivity contribution in [3.8, 4) is 0 Å². The predicted octanol–water partition coefficient (Wildman–Crippen LogP) is 3.62. The van der Waals surface area contributed by atoms with Gasteiger partial charge in [-0.25, -0.2) is 4.79 Å². The molecule has 2 bridgehead atoms. The van der Waals surface area contributed by atoms with Crippen LogP contribution in [-0.2, 0) is 38.1 Å². The molecule has 1 aliphatic heterocycles. The van der Waals surface area contributed by atoms with E-state index in [4.69, 9.17) is 23.7 Å². The molecule has 9 nitrogen and oxygen atoms in total. The Labute approximate surface area is 217 Å². The molecule has 4 rings (SSSR count). The molecular weight excluding hydrogens is 480 g/mol. The highest BCUT2D eigenvalue weighted by Gasteiger charge is 2.82. The fourth-order valence-electron chi connectivity index (χ4n) is 7.19. The number of benzene rings is 1. The second kappa shape index (κ2) is 9.42. The van der Waals surface area contributed by atoms with Gasteiger partial charge in [-0.3, -0.25) is 14.4 Å². The second-order valence-electron chi connectivity index (χ2n) is 11.2. The molecule has 8 unspecified atom stereocenters. The number of carbonyl (C=O) groups is 4. The molecule has 0 amide bonds. The minimum atomic E-state index is -1.23. The molecule has 1 aromatic carbocycles. The average molecular weight is 517 g/mol. The third-order valence-corrected chi connectivity index (χ3v) is 8.48. The zero-order chi connectivity index (χ0) is 27.3. The summed E-state index contributed by atoms with van der Waals surface area (Å²) in [6, 6.07) is 8.50. The van der Waals surface area contributed by atoms with E-state index in [9.17, 15) is 19.2 Å². The van der Waals surface area contributed by atoms with Gasteiger partial charge in [0.05, 0.1) is 22.5 Å². The number of hydrogen-bond donors (Lipinski definition) is 0. The van der Waals surface area contributed by atoms with Gasteiger partial charge >= 0.3 is 23.9 Å². The molecule has 8 atom stereocenters. The van der Waals surface area contributed by atoms with Crippen molar-refractivity contribution in [2.24, 2.45) is 17.3 Å². The Morgan fingerprint density at radius 1 is 0.811 bits per heavy atom. The van der Waals surface area contributed by atoms with E-state index in [1.54, 1.807) is 30.3 Å². The summed E-state index contributed by atoms with van der Waals surface area (Å²) in [6.07, 6.45) is -2.61. The van der Waals surface area contributed by atoms with E-state index in [1.807, 2.05) is 27.7 Å². The van der Waals surface area contributed by atoms with Crippen molar-refractivity contribution < 1.29 is 42.9 Å². The molecule has 3 aliphatic rings. The standard InChI is InChI=1S/C28H36O9/c1-15-13-14-20(33-16(2)29)27(7)24(36-25(32)19-11-9-8-10-12-19)22(34-17(3)30)21-23(35-18(4)31)28(15,27)37-26(21,5)6/h8-12,15,20-24H,13-14H2,1-7H3. The Kier molecular flexibility index (Phi) is 6.90. The number of esters is 4. The van der Waals surface area contributed by atoms with E-state index in [0.29, 0.717) is 18.4 Å². The molecule has 202 valence electrons. The smallest absolute Gasteiger partial charge is 0.338 e. The van der Waals surface area contributed by atoms with Crippen LogP contribution in [0.25, 0.3) is 0 Å². The largest absolute Gasteiger partial charge is 0.462 e. The van der Waals surface area contributed by atoms with E-state index < -0.39 is 70.8 Å². The molecule has 1 aromatic rings. The van der Waals surface area contributed by atoms with Crippen molar-refractivity contribution in [2.75, 3.05) is 0 Å².